The average molecular weight is 231 g/mol. The minimum Gasteiger partial charge on any atom is -0.325 e. The maximum atomic E-state index is 6.61. The molecule has 1 saturated carbocycles. The fraction of sp³-hybridized carbons (Fsp3) is 0.625. The van der Waals surface area contributed by atoms with Crippen LogP contribution in [0.5, 0.6) is 0 Å². The van der Waals surface area contributed by atoms with Crippen LogP contribution in [0.3, 0.4) is 0 Å². The van der Waals surface area contributed by atoms with Crippen LogP contribution in [0.4, 0.5) is 0 Å². The van der Waals surface area contributed by atoms with Gasteiger partial charge < -0.3 is 5.73 Å². The Labute approximate surface area is 105 Å². The lowest BCUT2D eigenvalue weighted by Gasteiger charge is -2.28. The Morgan fingerprint density at radius 2 is 1.94 bits per heavy atom. The van der Waals surface area contributed by atoms with Gasteiger partial charge in [0.1, 0.15) is 0 Å². The zero-order valence-corrected chi connectivity index (χ0v) is 11.0. The fourth-order valence-corrected chi connectivity index (χ4v) is 3.09. The molecule has 0 amide bonds. The van der Waals surface area contributed by atoms with Crippen molar-refractivity contribution in [3.63, 3.8) is 0 Å². The minimum atomic E-state index is 0.0469. The fourth-order valence-electron chi connectivity index (χ4n) is 3.09. The molecule has 0 spiro atoms. The number of rotatable bonds is 3. The van der Waals surface area contributed by atoms with Crippen molar-refractivity contribution in [1.82, 2.24) is 0 Å². The summed E-state index contributed by atoms with van der Waals surface area (Å²) in [5.41, 5.74) is 8.05. The quantitative estimate of drug-likeness (QED) is 0.784. The lowest BCUT2D eigenvalue weighted by Crippen LogP contribution is -2.41. The molecule has 2 rings (SSSR count). The second-order valence-corrected chi connectivity index (χ2v) is 5.73. The summed E-state index contributed by atoms with van der Waals surface area (Å²) in [5, 5.41) is 0. The third-order valence-corrected chi connectivity index (χ3v) is 4.31. The summed E-state index contributed by atoms with van der Waals surface area (Å²) in [7, 11) is 0. The van der Waals surface area contributed by atoms with E-state index in [1.807, 2.05) is 0 Å². The van der Waals surface area contributed by atoms with E-state index >= 15 is 0 Å². The number of hydrogen-bond donors (Lipinski definition) is 1. The van der Waals surface area contributed by atoms with Gasteiger partial charge in [0.25, 0.3) is 0 Å². The van der Waals surface area contributed by atoms with E-state index in [0.29, 0.717) is 0 Å². The van der Waals surface area contributed by atoms with Gasteiger partial charge in [0.15, 0.2) is 0 Å². The van der Waals surface area contributed by atoms with Crippen molar-refractivity contribution in [2.24, 2.45) is 11.7 Å². The molecule has 0 saturated heterocycles. The van der Waals surface area contributed by atoms with E-state index in [4.69, 9.17) is 5.73 Å². The molecule has 17 heavy (non-hydrogen) atoms. The van der Waals surface area contributed by atoms with Crippen molar-refractivity contribution in [3.05, 3.63) is 35.9 Å². The summed E-state index contributed by atoms with van der Waals surface area (Å²) in [6.45, 7) is 2.31. The molecular formula is C16H25N. The first-order valence-corrected chi connectivity index (χ1v) is 7.05. The van der Waals surface area contributed by atoms with Crippen LogP contribution in [0.15, 0.2) is 30.3 Å². The number of hydrogen-bond acceptors (Lipinski definition) is 1. The molecule has 0 aromatic heterocycles. The third-order valence-electron chi connectivity index (χ3n) is 4.31. The highest BCUT2D eigenvalue weighted by Crippen LogP contribution is 2.32. The summed E-state index contributed by atoms with van der Waals surface area (Å²) in [4.78, 5) is 0. The van der Waals surface area contributed by atoms with Crippen molar-refractivity contribution in [1.29, 1.82) is 0 Å². The second-order valence-electron chi connectivity index (χ2n) is 5.73. The first-order chi connectivity index (χ1) is 8.22. The topological polar surface area (TPSA) is 26.0 Å². The van der Waals surface area contributed by atoms with E-state index in [1.165, 1.54) is 44.1 Å². The molecule has 1 aliphatic carbocycles. The molecule has 1 nitrogen and oxygen atoms in total. The highest BCUT2D eigenvalue weighted by molar-refractivity contribution is 5.17. The highest BCUT2D eigenvalue weighted by Gasteiger charge is 2.28. The lowest BCUT2D eigenvalue weighted by atomic mass is 9.84. The molecule has 1 heteroatoms. The molecule has 2 unspecified atom stereocenters. The first-order valence-electron chi connectivity index (χ1n) is 7.05. The molecule has 1 aliphatic rings. The normalized spacial score (nSPS) is 29.9. The van der Waals surface area contributed by atoms with Gasteiger partial charge in [0, 0.05) is 5.54 Å². The zero-order valence-electron chi connectivity index (χ0n) is 11.0. The minimum absolute atomic E-state index is 0.0469. The van der Waals surface area contributed by atoms with E-state index in [0.717, 1.165) is 12.3 Å². The predicted octanol–water partition coefficient (Wildman–Crippen LogP) is 3.92. The largest absolute Gasteiger partial charge is 0.325 e. The summed E-state index contributed by atoms with van der Waals surface area (Å²) in [6, 6.07) is 10.7. The zero-order chi connectivity index (χ0) is 12.1. The van der Waals surface area contributed by atoms with Crippen LogP contribution in [-0.4, -0.2) is 5.54 Å². The van der Waals surface area contributed by atoms with Gasteiger partial charge in [-0.1, -0.05) is 56.5 Å². The van der Waals surface area contributed by atoms with Gasteiger partial charge in [-0.05, 0) is 37.2 Å². The van der Waals surface area contributed by atoms with Gasteiger partial charge in [-0.2, -0.15) is 0 Å². The van der Waals surface area contributed by atoms with E-state index < -0.39 is 0 Å². The SMILES string of the molecule is CCC1CCCC(N)(Cc2ccccc2)CC1. The first kappa shape index (κ1) is 12.6. The van der Waals surface area contributed by atoms with E-state index in [1.54, 1.807) is 0 Å². The van der Waals surface area contributed by atoms with Gasteiger partial charge >= 0.3 is 0 Å². The van der Waals surface area contributed by atoms with Gasteiger partial charge in [0.05, 0.1) is 0 Å². The summed E-state index contributed by atoms with van der Waals surface area (Å²) >= 11 is 0. The lowest BCUT2D eigenvalue weighted by molar-refractivity contribution is 0.358. The maximum absolute atomic E-state index is 6.61. The van der Waals surface area contributed by atoms with Crippen LogP contribution in [0.25, 0.3) is 0 Å². The Balaban J connectivity index is 1.99. The Hall–Kier alpha value is -0.820. The molecular weight excluding hydrogens is 206 g/mol. The molecule has 1 aromatic carbocycles. The maximum Gasteiger partial charge on any atom is 0.0195 e. The van der Waals surface area contributed by atoms with Crippen LogP contribution in [-0.2, 0) is 6.42 Å². The van der Waals surface area contributed by atoms with Crippen LogP contribution in [0, 0.1) is 5.92 Å². The predicted molar refractivity (Wildman–Crippen MR) is 73.9 cm³/mol. The number of benzene rings is 1. The van der Waals surface area contributed by atoms with Gasteiger partial charge in [0.2, 0.25) is 0 Å². The van der Waals surface area contributed by atoms with Crippen molar-refractivity contribution >= 4 is 0 Å². The van der Waals surface area contributed by atoms with E-state index in [9.17, 15) is 0 Å². The molecule has 1 fully saturated rings. The Kier molecular flexibility index (Phi) is 4.22. The van der Waals surface area contributed by atoms with Gasteiger partial charge in [-0.3, -0.25) is 0 Å². The highest BCUT2D eigenvalue weighted by atomic mass is 14.7. The van der Waals surface area contributed by atoms with E-state index in [-0.39, 0.29) is 5.54 Å². The third kappa shape index (κ3) is 3.57. The molecule has 0 aliphatic heterocycles. The second kappa shape index (κ2) is 5.68. The number of nitrogens with two attached hydrogens (primary N) is 1. The van der Waals surface area contributed by atoms with Gasteiger partial charge in [-0.25, -0.2) is 0 Å². The average Bonchev–Trinajstić information content (AvgIpc) is 2.52. The van der Waals surface area contributed by atoms with Crippen LogP contribution >= 0.6 is 0 Å². The smallest absolute Gasteiger partial charge is 0.0195 e. The van der Waals surface area contributed by atoms with Crippen molar-refractivity contribution in [2.45, 2.75) is 57.4 Å². The molecule has 2 atom stereocenters. The Morgan fingerprint density at radius 3 is 2.65 bits per heavy atom. The Morgan fingerprint density at radius 1 is 1.18 bits per heavy atom. The molecule has 94 valence electrons. The monoisotopic (exact) mass is 231 g/mol. The molecule has 0 radical (unpaired) electrons. The summed E-state index contributed by atoms with van der Waals surface area (Å²) < 4.78 is 0. The summed E-state index contributed by atoms with van der Waals surface area (Å²) in [6.07, 6.45) is 8.76. The van der Waals surface area contributed by atoms with Crippen molar-refractivity contribution in [2.75, 3.05) is 0 Å². The molecule has 2 N–H and O–H groups in total. The molecule has 0 bridgehead atoms. The van der Waals surface area contributed by atoms with Gasteiger partial charge in [-0.15, -0.1) is 0 Å². The van der Waals surface area contributed by atoms with Crippen molar-refractivity contribution in [3.8, 4) is 0 Å². The van der Waals surface area contributed by atoms with Crippen LogP contribution in [0.1, 0.15) is 51.0 Å². The summed E-state index contributed by atoms with van der Waals surface area (Å²) in [5.74, 6) is 0.913. The van der Waals surface area contributed by atoms with Crippen molar-refractivity contribution < 1.29 is 0 Å². The van der Waals surface area contributed by atoms with E-state index in [2.05, 4.69) is 37.3 Å². The van der Waals surface area contributed by atoms with Crippen LogP contribution in [0.2, 0.25) is 0 Å². The Bertz CT molecular complexity index is 333. The van der Waals surface area contributed by atoms with Crippen LogP contribution < -0.4 is 5.73 Å². The molecule has 0 heterocycles. The molecule has 1 aromatic rings. The standard InChI is InChI=1S/C16H25N/c1-2-14-9-6-11-16(17,12-10-14)13-15-7-4-3-5-8-15/h3-5,7-8,14H,2,6,9-13,17H2,1H3.